The van der Waals surface area contributed by atoms with Crippen LogP contribution in [0.3, 0.4) is 0 Å². The number of aromatic nitrogens is 2. The molecule has 1 aromatic heterocycles. The molecule has 0 unspecified atom stereocenters. The van der Waals surface area contributed by atoms with Gasteiger partial charge in [0, 0.05) is 38.1 Å². The van der Waals surface area contributed by atoms with E-state index in [1.807, 2.05) is 4.90 Å². The van der Waals surface area contributed by atoms with Crippen molar-refractivity contribution in [2.24, 2.45) is 0 Å². The zero-order chi connectivity index (χ0) is 18.6. The molecule has 1 saturated heterocycles. The van der Waals surface area contributed by atoms with Crippen molar-refractivity contribution >= 4 is 5.91 Å². The van der Waals surface area contributed by atoms with Gasteiger partial charge in [0.15, 0.2) is 0 Å². The number of carbonyl (C=O) groups excluding carboxylic acids is 1. The third-order valence-electron chi connectivity index (χ3n) is 4.44. The number of likely N-dealkylation sites (tertiary alicyclic amines) is 1. The number of rotatable bonds is 4. The predicted molar refractivity (Wildman–Crippen MR) is 89.2 cm³/mol. The monoisotopic (exact) mass is 364 g/mol. The molecule has 0 radical (unpaired) electrons. The summed E-state index contributed by atoms with van der Waals surface area (Å²) in [7, 11) is 0. The molecule has 1 aliphatic rings. The van der Waals surface area contributed by atoms with E-state index in [-0.39, 0.29) is 29.8 Å². The highest BCUT2D eigenvalue weighted by Crippen LogP contribution is 2.32. The Labute approximate surface area is 149 Å². The van der Waals surface area contributed by atoms with Crippen LogP contribution < -0.4 is 5.32 Å². The normalized spacial score (nSPS) is 16.4. The third-order valence-corrected chi connectivity index (χ3v) is 4.44. The Morgan fingerprint density at radius 2 is 1.92 bits per heavy atom. The third kappa shape index (κ3) is 4.57. The minimum absolute atomic E-state index is 0.0152. The van der Waals surface area contributed by atoms with E-state index in [0.717, 1.165) is 6.07 Å². The largest absolute Gasteiger partial charge is 0.416 e. The van der Waals surface area contributed by atoms with Gasteiger partial charge in [-0.15, -0.1) is 0 Å². The summed E-state index contributed by atoms with van der Waals surface area (Å²) >= 11 is 0. The van der Waals surface area contributed by atoms with Gasteiger partial charge in [-0.25, -0.2) is 4.98 Å². The second-order valence-electron chi connectivity index (χ2n) is 6.27. The summed E-state index contributed by atoms with van der Waals surface area (Å²) in [5.41, 5.74) is -0.0471. The molecular formula is C18H19F3N4O. The SMILES string of the molecule is O=C(NC1CCN(Cc2ccccc2C(F)(F)F)CC1)c1cnccn1. The maximum absolute atomic E-state index is 13.1. The summed E-state index contributed by atoms with van der Waals surface area (Å²) < 4.78 is 39.3. The van der Waals surface area contributed by atoms with Gasteiger partial charge < -0.3 is 5.32 Å². The molecule has 0 bridgehead atoms. The summed E-state index contributed by atoms with van der Waals surface area (Å²) in [6.45, 7) is 1.50. The van der Waals surface area contributed by atoms with Gasteiger partial charge in [-0.1, -0.05) is 18.2 Å². The number of amides is 1. The number of benzene rings is 1. The van der Waals surface area contributed by atoms with Gasteiger partial charge in [0.25, 0.3) is 5.91 Å². The Kier molecular flexibility index (Phi) is 5.51. The lowest BCUT2D eigenvalue weighted by molar-refractivity contribution is -0.138. The van der Waals surface area contributed by atoms with Gasteiger partial charge in [0.1, 0.15) is 5.69 Å². The average Bonchev–Trinajstić information content (AvgIpc) is 2.63. The van der Waals surface area contributed by atoms with Crippen LogP contribution in [0, 0.1) is 0 Å². The molecule has 0 spiro atoms. The number of hydrogen-bond acceptors (Lipinski definition) is 4. The van der Waals surface area contributed by atoms with E-state index in [2.05, 4.69) is 15.3 Å². The van der Waals surface area contributed by atoms with Crippen molar-refractivity contribution in [2.75, 3.05) is 13.1 Å². The molecule has 0 aliphatic carbocycles. The molecule has 8 heteroatoms. The number of hydrogen-bond donors (Lipinski definition) is 1. The summed E-state index contributed by atoms with van der Waals surface area (Å²) in [6, 6.07) is 5.64. The van der Waals surface area contributed by atoms with Crippen LogP contribution in [-0.2, 0) is 12.7 Å². The van der Waals surface area contributed by atoms with Crippen molar-refractivity contribution < 1.29 is 18.0 Å². The molecule has 1 N–H and O–H groups in total. The average molecular weight is 364 g/mol. The predicted octanol–water partition coefficient (Wildman–Crippen LogP) is 2.89. The first-order valence-electron chi connectivity index (χ1n) is 8.38. The zero-order valence-electron chi connectivity index (χ0n) is 14.0. The Bertz CT molecular complexity index is 744. The maximum atomic E-state index is 13.1. The van der Waals surface area contributed by atoms with Crippen molar-refractivity contribution in [3.8, 4) is 0 Å². The second kappa shape index (κ2) is 7.82. The minimum Gasteiger partial charge on any atom is -0.348 e. The fourth-order valence-corrected chi connectivity index (χ4v) is 3.09. The molecule has 26 heavy (non-hydrogen) atoms. The number of carbonyl (C=O) groups is 1. The standard InChI is InChI=1S/C18H19F3N4O/c19-18(20,21)15-4-2-1-3-13(15)12-25-9-5-14(6-10-25)24-17(26)16-11-22-7-8-23-16/h1-4,7-8,11,14H,5-6,9-10,12H2,(H,24,26). The van der Waals surface area contributed by atoms with E-state index in [1.165, 1.54) is 30.7 Å². The van der Waals surface area contributed by atoms with Gasteiger partial charge in [-0.05, 0) is 24.5 Å². The first-order chi connectivity index (χ1) is 12.4. The topological polar surface area (TPSA) is 58.1 Å². The zero-order valence-corrected chi connectivity index (χ0v) is 14.0. The van der Waals surface area contributed by atoms with Crippen molar-refractivity contribution in [3.63, 3.8) is 0 Å². The van der Waals surface area contributed by atoms with E-state index >= 15 is 0 Å². The van der Waals surface area contributed by atoms with Crippen LogP contribution in [0.5, 0.6) is 0 Å². The highest BCUT2D eigenvalue weighted by Gasteiger charge is 2.33. The molecule has 2 aromatic rings. The van der Waals surface area contributed by atoms with Crippen LogP contribution in [0.1, 0.15) is 34.5 Å². The van der Waals surface area contributed by atoms with Crippen LogP contribution in [0.2, 0.25) is 0 Å². The van der Waals surface area contributed by atoms with E-state index in [9.17, 15) is 18.0 Å². The van der Waals surface area contributed by atoms with Gasteiger partial charge in [-0.2, -0.15) is 13.2 Å². The van der Waals surface area contributed by atoms with Crippen LogP contribution in [0.15, 0.2) is 42.9 Å². The number of nitrogens with zero attached hydrogens (tertiary/aromatic N) is 3. The molecule has 1 amide bonds. The van der Waals surface area contributed by atoms with E-state index in [1.54, 1.807) is 6.07 Å². The first-order valence-corrected chi connectivity index (χ1v) is 8.38. The molecule has 1 aliphatic heterocycles. The lowest BCUT2D eigenvalue weighted by atomic mass is 10.0. The van der Waals surface area contributed by atoms with Crippen molar-refractivity contribution in [3.05, 3.63) is 59.7 Å². The number of nitrogens with one attached hydrogen (secondary N) is 1. The van der Waals surface area contributed by atoms with Gasteiger partial charge >= 0.3 is 6.18 Å². The molecule has 2 heterocycles. The number of halogens is 3. The van der Waals surface area contributed by atoms with Gasteiger partial charge in [0.05, 0.1) is 11.8 Å². The summed E-state index contributed by atoms with van der Waals surface area (Å²) in [5.74, 6) is -0.279. The number of alkyl halides is 3. The maximum Gasteiger partial charge on any atom is 0.416 e. The Hall–Kier alpha value is -2.48. The quantitative estimate of drug-likeness (QED) is 0.906. The van der Waals surface area contributed by atoms with Crippen LogP contribution >= 0.6 is 0 Å². The Morgan fingerprint density at radius 1 is 1.19 bits per heavy atom. The molecule has 0 saturated carbocycles. The Morgan fingerprint density at radius 3 is 2.58 bits per heavy atom. The molecule has 138 valence electrons. The lowest BCUT2D eigenvalue weighted by Crippen LogP contribution is -2.44. The summed E-state index contributed by atoms with van der Waals surface area (Å²) in [5, 5.41) is 2.91. The molecule has 1 fully saturated rings. The Balaban J connectivity index is 1.54. The van der Waals surface area contributed by atoms with Crippen molar-refractivity contribution in [2.45, 2.75) is 31.6 Å². The molecule has 5 nitrogen and oxygen atoms in total. The van der Waals surface area contributed by atoms with Crippen molar-refractivity contribution in [1.29, 1.82) is 0 Å². The minimum atomic E-state index is -4.35. The number of piperidine rings is 1. The van der Waals surface area contributed by atoms with E-state index in [4.69, 9.17) is 0 Å². The fourth-order valence-electron chi connectivity index (χ4n) is 3.09. The second-order valence-corrected chi connectivity index (χ2v) is 6.27. The molecule has 3 rings (SSSR count). The highest BCUT2D eigenvalue weighted by molar-refractivity contribution is 5.92. The molecule has 1 aromatic carbocycles. The first kappa shape index (κ1) is 18.3. The molecule has 0 atom stereocenters. The van der Waals surface area contributed by atoms with Gasteiger partial charge in [0.2, 0.25) is 0 Å². The summed E-state index contributed by atoms with van der Waals surface area (Å²) in [4.78, 5) is 21.9. The highest BCUT2D eigenvalue weighted by atomic mass is 19.4. The van der Waals surface area contributed by atoms with Crippen molar-refractivity contribution in [1.82, 2.24) is 20.2 Å². The lowest BCUT2D eigenvalue weighted by Gasteiger charge is -2.32. The van der Waals surface area contributed by atoms with E-state index in [0.29, 0.717) is 25.9 Å². The molecular weight excluding hydrogens is 345 g/mol. The fraction of sp³-hybridized carbons (Fsp3) is 0.389. The smallest absolute Gasteiger partial charge is 0.348 e. The van der Waals surface area contributed by atoms with Crippen LogP contribution in [0.25, 0.3) is 0 Å². The van der Waals surface area contributed by atoms with Crippen LogP contribution in [0.4, 0.5) is 13.2 Å². The summed E-state index contributed by atoms with van der Waals surface area (Å²) in [6.07, 6.45) is 1.36. The van der Waals surface area contributed by atoms with Gasteiger partial charge in [-0.3, -0.25) is 14.7 Å². The van der Waals surface area contributed by atoms with E-state index < -0.39 is 11.7 Å². The van der Waals surface area contributed by atoms with Crippen LogP contribution in [-0.4, -0.2) is 39.9 Å².